The largest absolute Gasteiger partial charge is 0.451 e. The van der Waals surface area contributed by atoms with Gasteiger partial charge in [0.15, 0.2) is 22.7 Å². The monoisotopic (exact) mass is 571 g/mol. The second-order valence-corrected chi connectivity index (χ2v) is 10.1. The van der Waals surface area contributed by atoms with Crippen LogP contribution in [0.25, 0.3) is 45.1 Å². The van der Waals surface area contributed by atoms with E-state index in [1.54, 1.807) is 0 Å². The molecule has 1 aliphatic rings. The van der Waals surface area contributed by atoms with Gasteiger partial charge in [-0.1, -0.05) is 52.3 Å². The number of fused-ring (bicyclic) bond motifs is 4. The van der Waals surface area contributed by atoms with Gasteiger partial charge in [-0.2, -0.15) is 0 Å². The number of oxazole rings is 2. The van der Waals surface area contributed by atoms with Crippen molar-refractivity contribution in [2.75, 3.05) is 4.90 Å². The highest BCUT2D eigenvalue weighted by Crippen LogP contribution is 2.56. The van der Waals surface area contributed by atoms with E-state index in [4.69, 9.17) is 23.5 Å². The fourth-order valence-corrected chi connectivity index (χ4v) is 5.29. The van der Waals surface area contributed by atoms with Gasteiger partial charge in [0.05, 0.1) is 22.5 Å². The molecule has 186 valence electrons. The summed E-state index contributed by atoms with van der Waals surface area (Å²) in [6, 6.07) is 35.7. The fourth-order valence-electron chi connectivity index (χ4n) is 5.03. The minimum absolute atomic E-state index is 0.492. The second kappa shape index (κ2) is 8.58. The van der Waals surface area contributed by atoms with Crippen molar-refractivity contribution < 1.29 is 13.6 Å². The molecule has 0 radical (unpaired) electrons. The van der Waals surface area contributed by atoms with Gasteiger partial charge in [0.2, 0.25) is 11.8 Å². The van der Waals surface area contributed by atoms with E-state index in [-0.39, 0.29) is 0 Å². The molecule has 0 bridgehead atoms. The molecule has 0 amide bonds. The summed E-state index contributed by atoms with van der Waals surface area (Å²) >= 11 is 3.57. The summed E-state index contributed by atoms with van der Waals surface area (Å²) in [5.74, 6) is 2.27. The van der Waals surface area contributed by atoms with E-state index in [0.29, 0.717) is 23.3 Å². The van der Waals surface area contributed by atoms with Crippen LogP contribution in [-0.2, 0) is 0 Å². The molecule has 39 heavy (non-hydrogen) atoms. The summed E-state index contributed by atoms with van der Waals surface area (Å²) in [5, 5.41) is 0. The molecule has 7 heteroatoms. The fraction of sp³-hybridized carbons (Fsp3) is 0. The van der Waals surface area contributed by atoms with E-state index in [1.165, 1.54) is 0 Å². The van der Waals surface area contributed by atoms with Gasteiger partial charge in [0, 0.05) is 10.2 Å². The van der Waals surface area contributed by atoms with Gasteiger partial charge in [-0.25, -0.2) is 9.97 Å². The third-order valence-corrected chi connectivity index (χ3v) is 7.34. The normalized spacial score (nSPS) is 12.4. The van der Waals surface area contributed by atoms with Gasteiger partial charge in [0.1, 0.15) is 11.0 Å². The molecule has 0 fully saturated rings. The third kappa shape index (κ3) is 3.55. The number of benzene rings is 5. The predicted molar refractivity (Wildman–Crippen MR) is 155 cm³/mol. The molecule has 0 atom stereocenters. The summed E-state index contributed by atoms with van der Waals surface area (Å²) in [5.41, 5.74) is 7.26. The van der Waals surface area contributed by atoms with Crippen LogP contribution < -0.4 is 9.64 Å². The van der Waals surface area contributed by atoms with Crippen molar-refractivity contribution in [2.45, 2.75) is 0 Å². The summed E-state index contributed by atoms with van der Waals surface area (Å²) in [6.45, 7) is 0. The number of para-hydroxylation sites is 6. The number of aromatic nitrogens is 2. The van der Waals surface area contributed by atoms with Crippen LogP contribution in [0.15, 0.2) is 123 Å². The molecule has 7 aromatic rings. The standard InChI is InChI=1S/C32H18BrN3O3/c33-19-15-17-20(18-16-19)36-25-11-5-7-21(31-34-23-9-1-3-13-27(23)37-31)29(25)39-30-22(8-6-12-26(30)36)32-35-24-10-2-4-14-28(24)38-32/h1-18H. The molecule has 8 rings (SSSR count). The van der Waals surface area contributed by atoms with Crippen LogP contribution in [0.3, 0.4) is 0 Å². The predicted octanol–water partition coefficient (Wildman–Crippen LogP) is 9.64. The van der Waals surface area contributed by atoms with Gasteiger partial charge in [-0.05, 0) is 72.8 Å². The van der Waals surface area contributed by atoms with Gasteiger partial charge in [-0.3, -0.25) is 0 Å². The molecule has 2 aromatic heterocycles. The molecule has 6 nitrogen and oxygen atoms in total. The highest BCUT2D eigenvalue weighted by molar-refractivity contribution is 9.10. The van der Waals surface area contributed by atoms with Crippen LogP contribution >= 0.6 is 15.9 Å². The lowest BCUT2D eigenvalue weighted by Gasteiger charge is -2.34. The molecule has 0 N–H and O–H groups in total. The lowest BCUT2D eigenvalue weighted by Crippen LogP contribution is -2.16. The molecular formula is C32H18BrN3O3. The zero-order valence-electron chi connectivity index (χ0n) is 20.3. The number of hydrogen-bond acceptors (Lipinski definition) is 6. The van der Waals surface area contributed by atoms with Crippen LogP contribution in [0.4, 0.5) is 17.1 Å². The number of hydrogen-bond donors (Lipinski definition) is 0. The molecule has 3 heterocycles. The van der Waals surface area contributed by atoms with Crippen molar-refractivity contribution in [3.8, 4) is 34.4 Å². The minimum Gasteiger partial charge on any atom is -0.451 e. The zero-order valence-corrected chi connectivity index (χ0v) is 21.9. The van der Waals surface area contributed by atoms with Crippen LogP contribution in [0.2, 0.25) is 0 Å². The molecule has 0 saturated carbocycles. The number of ether oxygens (including phenoxy) is 1. The van der Waals surface area contributed by atoms with Crippen molar-refractivity contribution in [3.63, 3.8) is 0 Å². The number of anilines is 3. The van der Waals surface area contributed by atoms with Crippen molar-refractivity contribution in [2.24, 2.45) is 0 Å². The number of nitrogens with zero attached hydrogens (tertiary/aromatic N) is 3. The average Bonchev–Trinajstić information content (AvgIpc) is 3.60. The molecule has 5 aromatic carbocycles. The molecule has 0 spiro atoms. The highest BCUT2D eigenvalue weighted by atomic mass is 79.9. The van der Waals surface area contributed by atoms with Crippen molar-refractivity contribution in [3.05, 3.63) is 114 Å². The minimum atomic E-state index is 0.492. The summed E-state index contributed by atoms with van der Waals surface area (Å²) in [4.78, 5) is 11.7. The molecule has 0 unspecified atom stereocenters. The van der Waals surface area contributed by atoms with Crippen molar-refractivity contribution in [1.82, 2.24) is 9.97 Å². The van der Waals surface area contributed by atoms with E-state index < -0.39 is 0 Å². The summed E-state index contributed by atoms with van der Waals surface area (Å²) in [7, 11) is 0. The number of rotatable bonds is 3. The SMILES string of the molecule is Brc1ccc(N2c3cccc(-c4nc5ccccc5o4)c3Oc3c(-c4nc5ccccc5o4)cccc32)cc1. The summed E-state index contributed by atoms with van der Waals surface area (Å²) < 4.78 is 20.1. The smallest absolute Gasteiger partial charge is 0.231 e. The van der Waals surface area contributed by atoms with Crippen molar-refractivity contribution in [1.29, 1.82) is 0 Å². The Bertz CT molecular complexity index is 1840. The van der Waals surface area contributed by atoms with E-state index >= 15 is 0 Å². The third-order valence-electron chi connectivity index (χ3n) is 6.81. The van der Waals surface area contributed by atoms with Gasteiger partial charge in [0.25, 0.3) is 0 Å². The van der Waals surface area contributed by atoms with E-state index in [2.05, 4.69) is 33.0 Å². The molecule has 0 saturated heterocycles. The van der Waals surface area contributed by atoms with Crippen LogP contribution in [-0.4, -0.2) is 9.97 Å². The number of halogens is 1. The Labute approximate surface area is 231 Å². The first-order valence-corrected chi connectivity index (χ1v) is 13.2. The van der Waals surface area contributed by atoms with E-state index in [0.717, 1.165) is 54.9 Å². The van der Waals surface area contributed by atoms with Crippen LogP contribution in [0.5, 0.6) is 11.5 Å². The quantitative estimate of drug-likeness (QED) is 0.210. The second-order valence-electron chi connectivity index (χ2n) is 9.20. The Balaban J connectivity index is 1.38. The first-order valence-electron chi connectivity index (χ1n) is 12.4. The van der Waals surface area contributed by atoms with Crippen molar-refractivity contribution >= 4 is 55.2 Å². The Morgan fingerprint density at radius 3 is 1.56 bits per heavy atom. The van der Waals surface area contributed by atoms with Gasteiger partial charge >= 0.3 is 0 Å². The Morgan fingerprint density at radius 1 is 0.538 bits per heavy atom. The molecule has 1 aliphatic heterocycles. The maximum absolute atomic E-state index is 6.77. The summed E-state index contributed by atoms with van der Waals surface area (Å²) in [6.07, 6.45) is 0. The molecular weight excluding hydrogens is 554 g/mol. The van der Waals surface area contributed by atoms with Gasteiger partial charge in [-0.15, -0.1) is 0 Å². The molecule has 0 aliphatic carbocycles. The topological polar surface area (TPSA) is 64.5 Å². The van der Waals surface area contributed by atoms with E-state index in [9.17, 15) is 0 Å². The van der Waals surface area contributed by atoms with Crippen LogP contribution in [0.1, 0.15) is 0 Å². The van der Waals surface area contributed by atoms with Crippen LogP contribution in [0, 0.1) is 0 Å². The zero-order chi connectivity index (χ0) is 25.9. The first-order chi connectivity index (χ1) is 19.2. The van der Waals surface area contributed by atoms with Gasteiger partial charge < -0.3 is 18.5 Å². The lowest BCUT2D eigenvalue weighted by molar-refractivity contribution is 0.474. The Hall–Kier alpha value is -4.88. The average molecular weight is 572 g/mol. The Kier molecular flexibility index (Phi) is 4.87. The maximum Gasteiger partial charge on any atom is 0.231 e. The Morgan fingerprint density at radius 2 is 1.05 bits per heavy atom. The maximum atomic E-state index is 6.77. The highest BCUT2D eigenvalue weighted by Gasteiger charge is 2.32. The van der Waals surface area contributed by atoms with E-state index in [1.807, 2.05) is 97.1 Å². The lowest BCUT2D eigenvalue weighted by atomic mass is 10.0. The first kappa shape index (κ1) is 22.1.